The number of hydrogen-bond acceptors (Lipinski definition) is 7. The maximum Gasteiger partial charge on any atom is 0.410 e. The zero-order valence-electron chi connectivity index (χ0n) is 21.0. The molecule has 2 aromatic rings. The van der Waals surface area contributed by atoms with E-state index in [0.717, 1.165) is 46.8 Å². The number of ether oxygens (including phenoxy) is 4. The Morgan fingerprint density at radius 1 is 1.26 bits per heavy atom. The van der Waals surface area contributed by atoms with E-state index in [0.29, 0.717) is 32.1 Å². The van der Waals surface area contributed by atoms with E-state index in [2.05, 4.69) is 16.0 Å². The van der Waals surface area contributed by atoms with Crippen molar-refractivity contribution in [1.82, 2.24) is 9.88 Å². The number of hydrogen-bond donors (Lipinski definition) is 0. The molecule has 0 unspecified atom stereocenters. The van der Waals surface area contributed by atoms with E-state index >= 15 is 0 Å². The van der Waals surface area contributed by atoms with Crippen LogP contribution in [0.1, 0.15) is 44.7 Å². The molecular formula is C26H35N3O5. The minimum atomic E-state index is -0.469. The van der Waals surface area contributed by atoms with Crippen LogP contribution in [0.25, 0.3) is 0 Å². The maximum absolute atomic E-state index is 12.6. The van der Waals surface area contributed by atoms with E-state index in [1.54, 1.807) is 12.0 Å². The Morgan fingerprint density at radius 3 is 2.76 bits per heavy atom. The molecule has 184 valence electrons. The van der Waals surface area contributed by atoms with Gasteiger partial charge in [0.05, 0.1) is 37.8 Å². The predicted molar refractivity (Wildman–Crippen MR) is 131 cm³/mol. The number of likely N-dealkylation sites (tertiary alicyclic amines) is 1. The number of nitrogens with zero attached hydrogens (tertiary/aromatic N) is 3. The smallest absolute Gasteiger partial charge is 0.410 e. The number of aromatic nitrogens is 1. The molecule has 4 rings (SSSR count). The quantitative estimate of drug-likeness (QED) is 0.588. The van der Waals surface area contributed by atoms with Crippen LogP contribution in [0.2, 0.25) is 0 Å². The molecule has 0 N–H and O–H groups in total. The van der Waals surface area contributed by atoms with E-state index in [-0.39, 0.29) is 12.2 Å². The fourth-order valence-corrected chi connectivity index (χ4v) is 4.30. The van der Waals surface area contributed by atoms with Gasteiger partial charge >= 0.3 is 6.09 Å². The van der Waals surface area contributed by atoms with Gasteiger partial charge in [-0.1, -0.05) is 6.92 Å². The topological polar surface area (TPSA) is 73.4 Å². The van der Waals surface area contributed by atoms with Crippen LogP contribution in [0.15, 0.2) is 24.4 Å². The average Bonchev–Trinajstić information content (AvgIpc) is 3.29. The van der Waals surface area contributed by atoms with E-state index < -0.39 is 5.60 Å². The van der Waals surface area contributed by atoms with Crippen molar-refractivity contribution in [3.63, 3.8) is 0 Å². The molecule has 1 amide bonds. The third-order valence-electron chi connectivity index (χ3n) is 6.62. The fourth-order valence-electron chi connectivity index (χ4n) is 4.30. The molecule has 0 spiro atoms. The summed E-state index contributed by atoms with van der Waals surface area (Å²) in [5.74, 6) is 2.24. The number of pyridine rings is 1. The predicted octanol–water partition coefficient (Wildman–Crippen LogP) is 5.02. The highest BCUT2D eigenvalue weighted by atomic mass is 16.6. The molecule has 0 saturated carbocycles. The molecule has 1 atom stereocenters. The van der Waals surface area contributed by atoms with Crippen LogP contribution < -0.4 is 19.1 Å². The first kappa shape index (κ1) is 24.0. The second-order valence-electron chi connectivity index (χ2n) is 9.51. The number of carbonyl (C=O) groups excluding carboxylic acids is 1. The standard InChI is InChI=1S/C26H35N3O5/c1-7-26(4,5)34-25(30)28-11-10-20(16-28)33-21-8-9-22-23(18(21)3)29(12-13-32-22)19-14-17(2)24(31-6)27-15-19/h8-9,14-15,20H,7,10-13,16H2,1-6H3/t20-/m0/s1. The summed E-state index contributed by atoms with van der Waals surface area (Å²) in [5.41, 5.74) is 3.47. The highest BCUT2D eigenvalue weighted by Crippen LogP contribution is 2.43. The highest BCUT2D eigenvalue weighted by molar-refractivity contribution is 5.76. The van der Waals surface area contributed by atoms with Gasteiger partial charge in [0.25, 0.3) is 0 Å². The SMILES string of the molecule is CCC(C)(C)OC(=O)N1CC[C@H](Oc2ccc3c(c2C)N(c2cnc(OC)c(C)c2)CCO3)C1. The minimum absolute atomic E-state index is 0.0862. The van der Waals surface area contributed by atoms with Crippen LogP contribution in [-0.2, 0) is 4.74 Å². The Hall–Kier alpha value is -3.16. The molecule has 1 fully saturated rings. The van der Waals surface area contributed by atoms with Gasteiger partial charge in [0, 0.05) is 24.1 Å². The number of rotatable bonds is 6. The zero-order valence-corrected chi connectivity index (χ0v) is 21.0. The molecule has 1 saturated heterocycles. The van der Waals surface area contributed by atoms with Crippen LogP contribution in [0.4, 0.5) is 16.2 Å². The lowest BCUT2D eigenvalue weighted by atomic mass is 10.1. The van der Waals surface area contributed by atoms with E-state index in [9.17, 15) is 4.79 Å². The van der Waals surface area contributed by atoms with E-state index in [1.807, 2.05) is 52.9 Å². The van der Waals surface area contributed by atoms with Gasteiger partial charge in [-0.25, -0.2) is 9.78 Å². The first-order chi connectivity index (χ1) is 16.2. The largest absolute Gasteiger partial charge is 0.490 e. The summed E-state index contributed by atoms with van der Waals surface area (Å²) in [6.45, 7) is 12.3. The van der Waals surface area contributed by atoms with Crippen LogP contribution >= 0.6 is 0 Å². The number of benzene rings is 1. The number of anilines is 2. The second-order valence-corrected chi connectivity index (χ2v) is 9.51. The van der Waals surface area contributed by atoms with Gasteiger partial charge in [0.15, 0.2) is 0 Å². The Kier molecular flexibility index (Phi) is 6.77. The van der Waals surface area contributed by atoms with Gasteiger partial charge in [0.2, 0.25) is 5.88 Å². The molecule has 1 aromatic carbocycles. The zero-order chi connectivity index (χ0) is 24.5. The summed E-state index contributed by atoms with van der Waals surface area (Å²) in [5, 5.41) is 0. The number of carbonyl (C=O) groups is 1. The molecule has 8 nitrogen and oxygen atoms in total. The number of aryl methyl sites for hydroxylation is 1. The van der Waals surface area contributed by atoms with Crippen LogP contribution in [0.5, 0.6) is 17.4 Å². The number of methoxy groups -OCH3 is 1. The Bertz CT molecular complexity index is 1050. The van der Waals surface area contributed by atoms with Crippen molar-refractivity contribution in [2.75, 3.05) is 38.3 Å². The Morgan fingerprint density at radius 2 is 2.06 bits per heavy atom. The first-order valence-electron chi connectivity index (χ1n) is 11.9. The number of fused-ring (bicyclic) bond motifs is 1. The summed E-state index contributed by atoms with van der Waals surface area (Å²) in [6, 6.07) is 5.99. The second kappa shape index (κ2) is 9.60. The molecular weight excluding hydrogens is 434 g/mol. The van der Waals surface area contributed by atoms with Gasteiger partial charge in [-0.15, -0.1) is 0 Å². The van der Waals surface area contributed by atoms with Crippen molar-refractivity contribution in [3.8, 4) is 17.4 Å². The lowest BCUT2D eigenvalue weighted by molar-refractivity contribution is 0.0137. The molecule has 3 heterocycles. The van der Waals surface area contributed by atoms with Crippen molar-refractivity contribution >= 4 is 17.5 Å². The van der Waals surface area contributed by atoms with Crippen molar-refractivity contribution in [3.05, 3.63) is 35.5 Å². The summed E-state index contributed by atoms with van der Waals surface area (Å²) >= 11 is 0. The molecule has 8 heteroatoms. The average molecular weight is 470 g/mol. The Labute approximate surface area is 201 Å². The molecule has 0 radical (unpaired) electrons. The van der Waals surface area contributed by atoms with Gasteiger partial charge < -0.3 is 28.7 Å². The molecule has 34 heavy (non-hydrogen) atoms. The third-order valence-corrected chi connectivity index (χ3v) is 6.62. The summed E-state index contributed by atoms with van der Waals surface area (Å²) in [4.78, 5) is 21.0. The van der Waals surface area contributed by atoms with Crippen LogP contribution in [-0.4, -0.2) is 61.0 Å². The van der Waals surface area contributed by atoms with Crippen molar-refractivity contribution < 1.29 is 23.7 Å². The fraction of sp³-hybridized carbons (Fsp3) is 0.538. The lowest BCUT2D eigenvalue weighted by Crippen LogP contribution is -2.37. The minimum Gasteiger partial charge on any atom is -0.490 e. The molecule has 2 aliphatic heterocycles. The molecule has 0 aliphatic carbocycles. The van der Waals surface area contributed by atoms with E-state index in [4.69, 9.17) is 18.9 Å². The van der Waals surface area contributed by atoms with Crippen molar-refractivity contribution in [2.45, 2.75) is 59.2 Å². The molecule has 2 aliphatic rings. The van der Waals surface area contributed by atoms with Gasteiger partial charge in [-0.05, 0) is 52.3 Å². The van der Waals surface area contributed by atoms with Gasteiger partial charge in [0.1, 0.15) is 29.8 Å². The normalized spacial score (nSPS) is 17.8. The summed E-state index contributed by atoms with van der Waals surface area (Å²) in [6.07, 6.45) is 2.99. The third kappa shape index (κ3) is 4.86. The molecule has 0 bridgehead atoms. The first-order valence-corrected chi connectivity index (χ1v) is 11.9. The summed E-state index contributed by atoms with van der Waals surface area (Å²) < 4.78 is 23.3. The highest BCUT2D eigenvalue weighted by Gasteiger charge is 2.33. The van der Waals surface area contributed by atoms with Crippen molar-refractivity contribution in [2.24, 2.45) is 0 Å². The van der Waals surface area contributed by atoms with Gasteiger partial charge in [-0.3, -0.25) is 0 Å². The molecule has 1 aromatic heterocycles. The lowest BCUT2D eigenvalue weighted by Gasteiger charge is -2.33. The van der Waals surface area contributed by atoms with Crippen molar-refractivity contribution in [1.29, 1.82) is 0 Å². The van der Waals surface area contributed by atoms with E-state index in [1.165, 1.54) is 0 Å². The van der Waals surface area contributed by atoms with Crippen LogP contribution in [0, 0.1) is 13.8 Å². The van der Waals surface area contributed by atoms with Crippen LogP contribution in [0.3, 0.4) is 0 Å². The monoisotopic (exact) mass is 469 g/mol. The summed E-state index contributed by atoms with van der Waals surface area (Å²) in [7, 11) is 1.63. The Balaban J connectivity index is 1.52. The van der Waals surface area contributed by atoms with Gasteiger partial charge in [-0.2, -0.15) is 0 Å². The number of amides is 1. The maximum atomic E-state index is 12.6.